The summed E-state index contributed by atoms with van der Waals surface area (Å²) in [6.45, 7) is 0. The summed E-state index contributed by atoms with van der Waals surface area (Å²) in [5, 5.41) is 0. The van der Waals surface area contributed by atoms with Crippen LogP contribution in [0.15, 0.2) is 24.3 Å². The van der Waals surface area contributed by atoms with E-state index in [1.165, 1.54) is 13.2 Å². The molecule has 0 spiro atoms. The molecule has 2 aromatic carbocycles. The van der Waals surface area contributed by atoms with Crippen LogP contribution in [0.1, 0.15) is 11.1 Å². The van der Waals surface area contributed by atoms with E-state index in [1.807, 2.05) is 12.1 Å². The molecule has 0 bridgehead atoms. The second-order valence-corrected chi connectivity index (χ2v) is 5.19. The first-order valence-corrected chi connectivity index (χ1v) is 7.45. The molecule has 7 heteroatoms. The molecule has 25 heavy (non-hydrogen) atoms. The second-order valence-electron chi connectivity index (χ2n) is 5.19. The third-order valence-electron chi connectivity index (χ3n) is 3.84. The number of anilines is 1. The number of nitrogen functional groups attached to an aromatic ring is 1. The Labute approximate surface area is 153 Å². The van der Waals surface area contributed by atoms with Crippen LogP contribution in [-0.4, -0.2) is 28.4 Å². The number of halogens is 2. The summed E-state index contributed by atoms with van der Waals surface area (Å²) in [4.78, 5) is 0. The Morgan fingerprint density at radius 1 is 0.840 bits per heavy atom. The Bertz CT molecular complexity index is 699. The van der Waals surface area contributed by atoms with E-state index in [4.69, 9.17) is 24.7 Å². The van der Waals surface area contributed by atoms with Crippen LogP contribution in [0.3, 0.4) is 0 Å². The van der Waals surface area contributed by atoms with Crippen molar-refractivity contribution >= 4 is 18.1 Å². The highest BCUT2D eigenvalue weighted by atomic mass is 35.5. The maximum atomic E-state index is 13.5. The molecule has 0 aliphatic rings. The molecule has 5 nitrogen and oxygen atoms in total. The first-order chi connectivity index (χ1) is 11.5. The summed E-state index contributed by atoms with van der Waals surface area (Å²) < 4.78 is 34.8. The molecule has 2 aromatic rings. The minimum absolute atomic E-state index is 0. The SMILES string of the molecule is COc1cc(CCc2ccc(F)c(N)c2OC)cc(OC)c1OC.Cl. The Morgan fingerprint density at radius 3 is 1.88 bits per heavy atom. The van der Waals surface area contributed by atoms with Gasteiger partial charge in [-0.2, -0.15) is 0 Å². The van der Waals surface area contributed by atoms with Crippen molar-refractivity contribution in [1.29, 1.82) is 0 Å². The molecule has 0 aliphatic heterocycles. The fraction of sp³-hybridized carbons (Fsp3) is 0.333. The average Bonchev–Trinajstić information content (AvgIpc) is 2.61. The van der Waals surface area contributed by atoms with Gasteiger partial charge in [0.15, 0.2) is 11.5 Å². The molecule has 0 aromatic heterocycles. The fourth-order valence-electron chi connectivity index (χ4n) is 2.62. The van der Waals surface area contributed by atoms with E-state index >= 15 is 0 Å². The largest absolute Gasteiger partial charge is 0.494 e. The number of aryl methyl sites for hydroxylation is 2. The standard InChI is InChI=1S/C18H22FNO4.ClH/c1-21-14-9-11(10-15(22-2)18(14)24-4)5-6-12-7-8-13(19)16(20)17(12)23-3;/h7-10H,5-6,20H2,1-4H3;1H. The van der Waals surface area contributed by atoms with Crippen LogP contribution in [0.4, 0.5) is 10.1 Å². The van der Waals surface area contributed by atoms with Crippen molar-refractivity contribution in [3.05, 3.63) is 41.2 Å². The van der Waals surface area contributed by atoms with Crippen LogP contribution in [-0.2, 0) is 12.8 Å². The molecule has 0 aliphatic carbocycles. The van der Waals surface area contributed by atoms with Crippen molar-refractivity contribution in [3.63, 3.8) is 0 Å². The van der Waals surface area contributed by atoms with E-state index in [0.717, 1.165) is 11.1 Å². The Balaban J connectivity index is 0.00000312. The molecule has 2 N–H and O–H groups in total. The second kappa shape index (κ2) is 9.22. The van der Waals surface area contributed by atoms with Crippen molar-refractivity contribution in [2.45, 2.75) is 12.8 Å². The fourth-order valence-corrected chi connectivity index (χ4v) is 2.62. The molecular formula is C18H23ClFNO4. The van der Waals surface area contributed by atoms with Crippen LogP contribution in [0.2, 0.25) is 0 Å². The number of hydrogen-bond acceptors (Lipinski definition) is 5. The summed E-state index contributed by atoms with van der Waals surface area (Å²) in [7, 11) is 6.19. The molecule has 138 valence electrons. The van der Waals surface area contributed by atoms with Crippen LogP contribution in [0, 0.1) is 5.82 Å². The van der Waals surface area contributed by atoms with Crippen molar-refractivity contribution in [3.8, 4) is 23.0 Å². The van der Waals surface area contributed by atoms with Gasteiger partial charge in [-0.25, -0.2) is 4.39 Å². The Kier molecular flexibility index (Phi) is 7.64. The van der Waals surface area contributed by atoms with E-state index in [1.54, 1.807) is 27.4 Å². The molecular weight excluding hydrogens is 349 g/mol. The number of hydrogen-bond donors (Lipinski definition) is 1. The Morgan fingerprint density at radius 2 is 1.40 bits per heavy atom. The van der Waals surface area contributed by atoms with Crippen molar-refractivity contribution in [2.24, 2.45) is 0 Å². The monoisotopic (exact) mass is 371 g/mol. The van der Waals surface area contributed by atoms with Crippen molar-refractivity contribution in [1.82, 2.24) is 0 Å². The van der Waals surface area contributed by atoms with E-state index in [-0.39, 0.29) is 18.1 Å². The lowest BCUT2D eigenvalue weighted by atomic mass is 10.0. The van der Waals surface area contributed by atoms with E-state index in [0.29, 0.717) is 35.8 Å². The normalized spacial score (nSPS) is 9.96. The number of methoxy groups -OCH3 is 4. The highest BCUT2D eigenvalue weighted by Crippen LogP contribution is 2.38. The van der Waals surface area contributed by atoms with E-state index < -0.39 is 5.82 Å². The van der Waals surface area contributed by atoms with Gasteiger partial charge < -0.3 is 24.7 Å². The summed E-state index contributed by atoms with van der Waals surface area (Å²) in [5.74, 6) is 1.63. The highest BCUT2D eigenvalue weighted by Gasteiger charge is 2.15. The predicted octanol–water partition coefficient (Wildman–Crippen LogP) is 3.65. The highest BCUT2D eigenvalue weighted by molar-refractivity contribution is 5.85. The molecule has 0 radical (unpaired) electrons. The lowest BCUT2D eigenvalue weighted by molar-refractivity contribution is 0.324. The van der Waals surface area contributed by atoms with Gasteiger partial charge in [0.05, 0.1) is 28.4 Å². The minimum atomic E-state index is -0.483. The lowest BCUT2D eigenvalue weighted by Crippen LogP contribution is -2.02. The van der Waals surface area contributed by atoms with Gasteiger partial charge in [-0.15, -0.1) is 12.4 Å². The van der Waals surface area contributed by atoms with Crippen LogP contribution in [0.25, 0.3) is 0 Å². The zero-order valence-corrected chi connectivity index (χ0v) is 15.5. The number of benzene rings is 2. The van der Waals surface area contributed by atoms with Crippen LogP contribution < -0.4 is 24.7 Å². The molecule has 0 unspecified atom stereocenters. The van der Waals surface area contributed by atoms with Gasteiger partial charge in [0.2, 0.25) is 5.75 Å². The summed E-state index contributed by atoms with van der Waals surface area (Å²) in [5.41, 5.74) is 7.60. The molecule has 0 amide bonds. The molecule has 0 atom stereocenters. The lowest BCUT2D eigenvalue weighted by Gasteiger charge is -2.15. The van der Waals surface area contributed by atoms with Gasteiger partial charge in [0.25, 0.3) is 0 Å². The third kappa shape index (κ3) is 4.39. The topological polar surface area (TPSA) is 62.9 Å². The summed E-state index contributed by atoms with van der Waals surface area (Å²) in [6, 6.07) is 6.81. The van der Waals surface area contributed by atoms with Gasteiger partial charge in [-0.3, -0.25) is 0 Å². The quantitative estimate of drug-likeness (QED) is 0.753. The van der Waals surface area contributed by atoms with E-state index in [2.05, 4.69) is 0 Å². The number of rotatable bonds is 7. The third-order valence-corrected chi connectivity index (χ3v) is 3.84. The molecule has 0 heterocycles. The maximum Gasteiger partial charge on any atom is 0.203 e. The number of nitrogens with two attached hydrogens (primary N) is 1. The average molecular weight is 372 g/mol. The maximum absolute atomic E-state index is 13.5. The first-order valence-electron chi connectivity index (χ1n) is 7.45. The van der Waals surface area contributed by atoms with Crippen molar-refractivity contribution in [2.75, 3.05) is 34.2 Å². The molecule has 0 fully saturated rings. The molecule has 0 saturated carbocycles. The van der Waals surface area contributed by atoms with Gasteiger partial charge in [-0.05, 0) is 42.2 Å². The minimum Gasteiger partial charge on any atom is -0.494 e. The van der Waals surface area contributed by atoms with Gasteiger partial charge in [-0.1, -0.05) is 6.07 Å². The van der Waals surface area contributed by atoms with Crippen LogP contribution >= 0.6 is 12.4 Å². The van der Waals surface area contributed by atoms with Gasteiger partial charge >= 0.3 is 0 Å². The summed E-state index contributed by atoms with van der Waals surface area (Å²) >= 11 is 0. The zero-order valence-electron chi connectivity index (χ0n) is 14.7. The van der Waals surface area contributed by atoms with Crippen molar-refractivity contribution < 1.29 is 23.3 Å². The molecule has 2 rings (SSSR count). The van der Waals surface area contributed by atoms with Crippen LogP contribution in [0.5, 0.6) is 23.0 Å². The van der Waals surface area contributed by atoms with Gasteiger partial charge in [0.1, 0.15) is 17.3 Å². The summed E-state index contributed by atoms with van der Waals surface area (Å²) in [6.07, 6.45) is 1.31. The zero-order chi connectivity index (χ0) is 17.7. The number of ether oxygens (including phenoxy) is 4. The van der Waals surface area contributed by atoms with Gasteiger partial charge in [0, 0.05) is 0 Å². The Hall–Kier alpha value is -2.34. The molecule has 0 saturated heterocycles. The first kappa shape index (κ1) is 20.7. The van der Waals surface area contributed by atoms with E-state index in [9.17, 15) is 4.39 Å². The smallest absolute Gasteiger partial charge is 0.203 e. The predicted molar refractivity (Wildman–Crippen MR) is 98.1 cm³/mol.